The van der Waals surface area contributed by atoms with Gasteiger partial charge in [-0.3, -0.25) is 15.4 Å². The Balaban J connectivity index is 1.55. The fraction of sp³-hybridized carbons (Fsp3) is 0.923. The zero-order chi connectivity index (χ0) is 13.7. The highest BCUT2D eigenvalue weighted by molar-refractivity contribution is 8.00. The number of hydrogen-bond donors (Lipinski definition) is 4. The van der Waals surface area contributed by atoms with E-state index >= 15 is 0 Å². The van der Waals surface area contributed by atoms with Gasteiger partial charge in [-0.05, 0) is 19.8 Å². The molecule has 0 aromatic rings. The Labute approximate surface area is 119 Å². The van der Waals surface area contributed by atoms with Crippen LogP contribution in [-0.4, -0.2) is 47.0 Å². The van der Waals surface area contributed by atoms with Gasteiger partial charge in [0.15, 0.2) is 6.35 Å². The largest absolute Gasteiger partial charge is 0.365 e. The molecule has 2 saturated heterocycles. The summed E-state index contributed by atoms with van der Waals surface area (Å²) in [6.45, 7) is 2.67. The number of nitrogens with one attached hydrogen (secondary N) is 3. The van der Waals surface area contributed by atoms with Crippen molar-refractivity contribution in [1.29, 1.82) is 0 Å². The normalized spacial score (nSPS) is 33.4. The lowest BCUT2D eigenvalue weighted by molar-refractivity contribution is -0.121. The second kappa shape index (κ2) is 7.47. The van der Waals surface area contributed by atoms with Crippen LogP contribution in [0.25, 0.3) is 0 Å². The molecule has 19 heavy (non-hydrogen) atoms. The summed E-state index contributed by atoms with van der Waals surface area (Å²) in [6.07, 6.45) is 4.54. The molecular weight excluding hydrogens is 262 g/mol. The molecule has 2 unspecified atom stereocenters. The standard InChI is InChI=1S/C13H25N3O2S/c1-2-14-11(17)7-5-3-4-6-10-12-9(8-19-10)15-13(18)16-12/h9-10,12-13,15-16,18H,2-8H2,1H3,(H,14,17)/t9-,10?,12-,13?/m0/s1. The van der Waals surface area contributed by atoms with Crippen LogP contribution in [0.1, 0.15) is 39.0 Å². The van der Waals surface area contributed by atoms with Crippen molar-refractivity contribution in [3.8, 4) is 0 Å². The number of amides is 1. The number of thioether (sulfide) groups is 1. The Morgan fingerprint density at radius 2 is 2.21 bits per heavy atom. The zero-order valence-corrected chi connectivity index (χ0v) is 12.3. The highest BCUT2D eigenvalue weighted by atomic mass is 32.2. The Bertz CT molecular complexity index is 304. The number of unbranched alkanes of at least 4 members (excludes halogenated alkanes) is 2. The van der Waals surface area contributed by atoms with Crippen LogP contribution in [0.2, 0.25) is 0 Å². The Morgan fingerprint density at radius 1 is 1.37 bits per heavy atom. The number of hydrogen-bond acceptors (Lipinski definition) is 5. The average molecular weight is 287 g/mol. The average Bonchev–Trinajstić information content (AvgIpc) is 2.89. The van der Waals surface area contributed by atoms with Crippen molar-refractivity contribution >= 4 is 17.7 Å². The predicted molar refractivity (Wildman–Crippen MR) is 77.9 cm³/mol. The van der Waals surface area contributed by atoms with Crippen molar-refractivity contribution in [3.63, 3.8) is 0 Å². The molecule has 2 aliphatic rings. The summed E-state index contributed by atoms with van der Waals surface area (Å²) in [7, 11) is 0. The van der Waals surface area contributed by atoms with Gasteiger partial charge in [0.1, 0.15) is 0 Å². The topological polar surface area (TPSA) is 73.4 Å². The van der Waals surface area contributed by atoms with Gasteiger partial charge in [0.05, 0.1) is 0 Å². The molecule has 2 aliphatic heterocycles. The third kappa shape index (κ3) is 4.34. The molecule has 6 heteroatoms. The molecule has 2 rings (SSSR count). The lowest BCUT2D eigenvalue weighted by atomic mass is 10.0. The molecule has 0 saturated carbocycles. The van der Waals surface area contributed by atoms with Crippen molar-refractivity contribution < 1.29 is 9.90 Å². The van der Waals surface area contributed by atoms with Gasteiger partial charge >= 0.3 is 0 Å². The van der Waals surface area contributed by atoms with Gasteiger partial charge in [-0.15, -0.1) is 0 Å². The van der Waals surface area contributed by atoms with Crippen LogP contribution in [0, 0.1) is 0 Å². The summed E-state index contributed by atoms with van der Waals surface area (Å²) in [5.74, 6) is 1.25. The third-order valence-electron chi connectivity index (χ3n) is 3.81. The van der Waals surface area contributed by atoms with E-state index in [0.717, 1.165) is 31.6 Å². The van der Waals surface area contributed by atoms with Gasteiger partial charge in [-0.25, -0.2) is 0 Å². The molecule has 110 valence electrons. The molecule has 0 bridgehead atoms. The molecule has 1 amide bonds. The fourth-order valence-electron chi connectivity index (χ4n) is 2.86. The van der Waals surface area contributed by atoms with Gasteiger partial charge in [-0.1, -0.05) is 12.8 Å². The van der Waals surface area contributed by atoms with Crippen molar-refractivity contribution in [2.24, 2.45) is 0 Å². The summed E-state index contributed by atoms with van der Waals surface area (Å²) >= 11 is 1.99. The van der Waals surface area contributed by atoms with Gasteiger partial charge in [-0.2, -0.15) is 11.8 Å². The molecule has 5 nitrogen and oxygen atoms in total. The summed E-state index contributed by atoms with van der Waals surface area (Å²) in [4.78, 5) is 11.3. The number of aliphatic hydroxyl groups is 1. The molecular formula is C13H25N3O2S. The van der Waals surface area contributed by atoms with Crippen LogP contribution in [0.4, 0.5) is 0 Å². The second-order valence-electron chi connectivity index (χ2n) is 5.29. The van der Waals surface area contributed by atoms with E-state index < -0.39 is 6.35 Å². The number of rotatable bonds is 7. The van der Waals surface area contributed by atoms with Gasteiger partial charge in [0, 0.05) is 36.1 Å². The SMILES string of the molecule is CCNC(=O)CCCCCC1SC[C@@H]2NC(O)N[C@H]12. The van der Waals surface area contributed by atoms with Gasteiger partial charge in [0.25, 0.3) is 0 Å². The number of fused-ring (bicyclic) bond motifs is 1. The molecule has 4 N–H and O–H groups in total. The molecule has 0 aliphatic carbocycles. The van der Waals surface area contributed by atoms with Crippen LogP contribution in [0.5, 0.6) is 0 Å². The molecule has 0 spiro atoms. The van der Waals surface area contributed by atoms with Crippen LogP contribution in [-0.2, 0) is 4.79 Å². The molecule has 0 aromatic carbocycles. The summed E-state index contributed by atoms with van der Waals surface area (Å²) in [5.41, 5.74) is 0. The third-order valence-corrected chi connectivity index (χ3v) is 5.32. The van der Waals surface area contributed by atoms with Crippen LogP contribution in [0.15, 0.2) is 0 Å². The second-order valence-corrected chi connectivity index (χ2v) is 6.56. The fourth-order valence-corrected chi connectivity index (χ4v) is 4.43. The number of carbonyl (C=O) groups excluding carboxylic acids is 1. The van der Waals surface area contributed by atoms with E-state index in [1.54, 1.807) is 0 Å². The first-order valence-electron chi connectivity index (χ1n) is 7.29. The van der Waals surface area contributed by atoms with E-state index in [4.69, 9.17) is 0 Å². The molecule has 0 radical (unpaired) electrons. The maximum absolute atomic E-state index is 11.3. The minimum absolute atomic E-state index is 0.169. The first-order valence-corrected chi connectivity index (χ1v) is 8.34. The quantitative estimate of drug-likeness (QED) is 0.510. The Hall–Kier alpha value is -0.300. The maximum atomic E-state index is 11.3. The van der Waals surface area contributed by atoms with E-state index in [1.807, 2.05) is 18.7 Å². The van der Waals surface area contributed by atoms with E-state index in [0.29, 0.717) is 23.8 Å². The van der Waals surface area contributed by atoms with Crippen molar-refractivity contribution in [1.82, 2.24) is 16.0 Å². The van der Waals surface area contributed by atoms with E-state index in [2.05, 4.69) is 16.0 Å². The van der Waals surface area contributed by atoms with Crippen molar-refractivity contribution in [3.05, 3.63) is 0 Å². The van der Waals surface area contributed by atoms with Crippen molar-refractivity contribution in [2.75, 3.05) is 12.3 Å². The minimum Gasteiger partial charge on any atom is -0.365 e. The smallest absolute Gasteiger partial charge is 0.219 e. The van der Waals surface area contributed by atoms with Crippen LogP contribution < -0.4 is 16.0 Å². The minimum atomic E-state index is -0.531. The zero-order valence-electron chi connectivity index (χ0n) is 11.5. The molecule has 4 atom stereocenters. The predicted octanol–water partition coefficient (Wildman–Crippen LogP) is 0.394. The summed E-state index contributed by atoms with van der Waals surface area (Å²) in [6, 6.07) is 0.823. The summed E-state index contributed by atoms with van der Waals surface area (Å²) in [5, 5.41) is 19.3. The first-order chi connectivity index (χ1) is 9.20. The first kappa shape index (κ1) is 15.1. The maximum Gasteiger partial charge on any atom is 0.219 e. The monoisotopic (exact) mass is 287 g/mol. The summed E-state index contributed by atoms with van der Waals surface area (Å²) < 4.78 is 0. The van der Waals surface area contributed by atoms with Gasteiger partial charge in [0.2, 0.25) is 5.91 Å². The van der Waals surface area contributed by atoms with Crippen LogP contribution in [0.3, 0.4) is 0 Å². The highest BCUT2D eigenvalue weighted by Crippen LogP contribution is 2.33. The molecule has 0 aromatic heterocycles. The van der Waals surface area contributed by atoms with E-state index in [9.17, 15) is 9.90 Å². The lowest BCUT2D eigenvalue weighted by Gasteiger charge is -2.17. The molecule has 2 heterocycles. The number of carbonyl (C=O) groups is 1. The van der Waals surface area contributed by atoms with Crippen LogP contribution >= 0.6 is 11.8 Å². The Morgan fingerprint density at radius 3 is 3.00 bits per heavy atom. The van der Waals surface area contributed by atoms with E-state index in [1.165, 1.54) is 6.42 Å². The highest BCUT2D eigenvalue weighted by Gasteiger charge is 2.42. The van der Waals surface area contributed by atoms with Crippen molar-refractivity contribution in [2.45, 2.75) is 62.7 Å². The lowest BCUT2D eigenvalue weighted by Crippen LogP contribution is -2.37. The van der Waals surface area contributed by atoms with E-state index in [-0.39, 0.29) is 5.91 Å². The molecule has 2 fully saturated rings. The number of aliphatic hydroxyl groups excluding tert-OH is 1. The Kier molecular flexibility index (Phi) is 5.94. The van der Waals surface area contributed by atoms with Gasteiger partial charge < -0.3 is 10.4 Å².